The number of nitrogens with one attached hydrogen (secondary N) is 1. The van der Waals surface area contributed by atoms with Crippen LogP contribution in [0.1, 0.15) is 36.5 Å². The summed E-state index contributed by atoms with van der Waals surface area (Å²) in [4.78, 5) is 28.5. The zero-order chi connectivity index (χ0) is 25.8. The normalized spacial score (nSPS) is 11.6. The lowest BCUT2D eigenvalue weighted by Gasteiger charge is -2.31. The number of carbonyl (C=O) groups is 2. The number of hydrogen-bond acceptors (Lipinski definition) is 3. The summed E-state index contributed by atoms with van der Waals surface area (Å²) in [5, 5.41) is 2.99. The van der Waals surface area contributed by atoms with Crippen LogP contribution in [0.15, 0.2) is 83.3 Å². The van der Waals surface area contributed by atoms with Crippen molar-refractivity contribution in [2.45, 2.75) is 44.5 Å². The Labute approximate surface area is 225 Å². The second-order valence-electron chi connectivity index (χ2n) is 8.58. The van der Waals surface area contributed by atoms with E-state index in [-0.39, 0.29) is 29.9 Å². The molecule has 0 aromatic heterocycles. The fraction of sp³-hybridized carbons (Fsp3) is 0.310. The Hall–Kier alpha value is -2.64. The minimum Gasteiger partial charge on any atom is -0.354 e. The maximum Gasteiger partial charge on any atom is 0.243 e. The summed E-state index contributed by atoms with van der Waals surface area (Å²) in [5.74, 6) is 0.0703. The van der Waals surface area contributed by atoms with Crippen molar-refractivity contribution < 1.29 is 14.0 Å². The van der Waals surface area contributed by atoms with Gasteiger partial charge in [-0.15, -0.1) is 11.8 Å². The quantitative estimate of drug-likeness (QED) is 0.243. The van der Waals surface area contributed by atoms with Gasteiger partial charge < -0.3 is 10.2 Å². The van der Waals surface area contributed by atoms with Gasteiger partial charge in [0.15, 0.2) is 0 Å². The lowest BCUT2D eigenvalue weighted by Crippen LogP contribution is -2.51. The molecule has 0 bridgehead atoms. The molecule has 0 aliphatic heterocycles. The van der Waals surface area contributed by atoms with E-state index in [0.717, 1.165) is 28.4 Å². The van der Waals surface area contributed by atoms with E-state index in [4.69, 9.17) is 0 Å². The third-order valence-electron chi connectivity index (χ3n) is 5.81. The van der Waals surface area contributed by atoms with Crippen LogP contribution in [0.5, 0.6) is 0 Å². The average molecular weight is 572 g/mol. The van der Waals surface area contributed by atoms with Crippen molar-refractivity contribution >= 4 is 39.5 Å². The van der Waals surface area contributed by atoms with Crippen molar-refractivity contribution in [2.75, 3.05) is 12.3 Å². The van der Waals surface area contributed by atoms with E-state index in [1.54, 1.807) is 23.1 Å². The number of carbonyl (C=O) groups excluding carboxylic acids is 2. The van der Waals surface area contributed by atoms with Crippen LogP contribution >= 0.6 is 27.7 Å². The first-order valence-electron chi connectivity index (χ1n) is 12.1. The van der Waals surface area contributed by atoms with Crippen LogP contribution in [0.3, 0.4) is 0 Å². The highest BCUT2D eigenvalue weighted by molar-refractivity contribution is 9.10. The number of rotatable bonds is 13. The monoisotopic (exact) mass is 570 g/mol. The fourth-order valence-corrected chi connectivity index (χ4v) is 4.93. The topological polar surface area (TPSA) is 49.4 Å². The number of halogens is 2. The molecule has 0 aliphatic carbocycles. The molecule has 1 N–H and O–H groups in total. The van der Waals surface area contributed by atoms with Crippen molar-refractivity contribution in [2.24, 2.45) is 0 Å². The summed E-state index contributed by atoms with van der Waals surface area (Å²) in [7, 11) is 0. The Morgan fingerprint density at radius 2 is 1.67 bits per heavy atom. The maximum atomic E-state index is 14.6. The minimum atomic E-state index is -0.746. The summed E-state index contributed by atoms with van der Waals surface area (Å²) < 4.78 is 15.6. The summed E-state index contributed by atoms with van der Waals surface area (Å²) in [6.07, 6.45) is 2.17. The van der Waals surface area contributed by atoms with Gasteiger partial charge in [-0.05, 0) is 35.7 Å². The third kappa shape index (κ3) is 8.79. The second-order valence-corrected chi connectivity index (χ2v) is 10.5. The first kappa shape index (κ1) is 27.9. The molecule has 7 heteroatoms. The molecule has 4 nitrogen and oxygen atoms in total. The van der Waals surface area contributed by atoms with Crippen molar-refractivity contribution in [1.29, 1.82) is 0 Å². The molecule has 190 valence electrons. The van der Waals surface area contributed by atoms with Crippen LogP contribution in [-0.2, 0) is 28.3 Å². The third-order valence-corrected chi connectivity index (χ3v) is 7.32. The van der Waals surface area contributed by atoms with E-state index in [1.165, 1.54) is 17.8 Å². The highest BCUT2D eigenvalue weighted by atomic mass is 79.9. The average Bonchev–Trinajstić information content (AvgIpc) is 2.89. The number of unbranched alkanes of at least 4 members (excludes halogenated alkanes) is 1. The highest BCUT2D eigenvalue weighted by Gasteiger charge is 2.30. The summed E-state index contributed by atoms with van der Waals surface area (Å²) >= 11 is 4.92. The molecular weight excluding hydrogens is 539 g/mol. The summed E-state index contributed by atoms with van der Waals surface area (Å²) in [5.41, 5.74) is 2.44. The zero-order valence-electron chi connectivity index (χ0n) is 20.5. The number of thioether (sulfide) groups is 1. The molecule has 0 saturated heterocycles. The van der Waals surface area contributed by atoms with Gasteiger partial charge in [0.25, 0.3) is 0 Å². The Kier molecular flexibility index (Phi) is 11.5. The van der Waals surface area contributed by atoms with E-state index in [1.807, 2.05) is 54.6 Å². The minimum absolute atomic E-state index is 0.0308. The SMILES string of the molecule is CCCCNC(=O)[C@@H](Cc1ccccc1)N(Cc1ccccc1F)C(=O)CSCc1ccc(Br)cc1. The van der Waals surface area contributed by atoms with Gasteiger partial charge in [0.1, 0.15) is 11.9 Å². The molecular formula is C29H32BrFN2O2S. The molecule has 0 saturated carbocycles. The van der Waals surface area contributed by atoms with Crippen molar-refractivity contribution in [3.05, 3.63) is 106 Å². The van der Waals surface area contributed by atoms with E-state index in [0.29, 0.717) is 24.3 Å². The van der Waals surface area contributed by atoms with Gasteiger partial charge in [0.2, 0.25) is 11.8 Å². The zero-order valence-corrected chi connectivity index (χ0v) is 22.9. The van der Waals surface area contributed by atoms with E-state index in [2.05, 4.69) is 28.2 Å². The van der Waals surface area contributed by atoms with Crippen molar-refractivity contribution in [3.8, 4) is 0 Å². The van der Waals surface area contributed by atoms with Gasteiger partial charge in [0, 0.05) is 35.3 Å². The largest absolute Gasteiger partial charge is 0.354 e. The Morgan fingerprint density at radius 3 is 2.36 bits per heavy atom. The van der Waals surface area contributed by atoms with Gasteiger partial charge in [-0.2, -0.15) is 0 Å². The second kappa shape index (κ2) is 14.8. The van der Waals surface area contributed by atoms with Crippen LogP contribution in [0.25, 0.3) is 0 Å². The first-order chi connectivity index (χ1) is 17.5. The molecule has 0 spiro atoms. The number of amides is 2. The summed E-state index contributed by atoms with van der Waals surface area (Å²) in [6, 6.07) is 23.3. The molecule has 2 amide bonds. The molecule has 3 aromatic carbocycles. The maximum absolute atomic E-state index is 14.6. The van der Waals surface area contributed by atoms with Gasteiger partial charge in [0.05, 0.1) is 5.75 Å². The van der Waals surface area contributed by atoms with Crippen molar-refractivity contribution in [3.63, 3.8) is 0 Å². The van der Waals surface area contributed by atoms with E-state index >= 15 is 0 Å². The molecule has 1 atom stereocenters. The summed E-state index contributed by atoms with van der Waals surface area (Å²) in [6.45, 7) is 2.63. The predicted molar refractivity (Wildman–Crippen MR) is 149 cm³/mol. The molecule has 0 unspecified atom stereocenters. The molecule has 36 heavy (non-hydrogen) atoms. The van der Waals surface area contributed by atoms with Gasteiger partial charge in [-0.25, -0.2) is 4.39 Å². The van der Waals surface area contributed by atoms with Crippen LogP contribution in [0.2, 0.25) is 0 Å². The van der Waals surface area contributed by atoms with E-state index in [9.17, 15) is 14.0 Å². The Bertz CT molecular complexity index is 1110. The van der Waals surface area contributed by atoms with Gasteiger partial charge in [-0.3, -0.25) is 9.59 Å². The van der Waals surface area contributed by atoms with E-state index < -0.39 is 6.04 Å². The number of nitrogens with zero attached hydrogens (tertiary/aromatic N) is 1. The molecule has 0 aliphatic rings. The fourth-order valence-electron chi connectivity index (χ4n) is 3.79. The number of benzene rings is 3. The lowest BCUT2D eigenvalue weighted by molar-refractivity contribution is -0.139. The predicted octanol–water partition coefficient (Wildman–Crippen LogP) is 6.38. The van der Waals surface area contributed by atoms with Crippen LogP contribution in [0, 0.1) is 5.82 Å². The van der Waals surface area contributed by atoms with Crippen molar-refractivity contribution in [1.82, 2.24) is 10.2 Å². The molecule has 3 rings (SSSR count). The highest BCUT2D eigenvalue weighted by Crippen LogP contribution is 2.20. The van der Waals surface area contributed by atoms with Crippen LogP contribution < -0.4 is 5.32 Å². The van der Waals surface area contributed by atoms with Crippen LogP contribution in [0.4, 0.5) is 4.39 Å². The van der Waals surface area contributed by atoms with Gasteiger partial charge >= 0.3 is 0 Å². The van der Waals surface area contributed by atoms with Gasteiger partial charge in [-0.1, -0.05) is 89.9 Å². The molecule has 0 radical (unpaired) electrons. The smallest absolute Gasteiger partial charge is 0.243 e. The van der Waals surface area contributed by atoms with Crippen LogP contribution in [-0.4, -0.2) is 35.1 Å². The number of hydrogen-bond donors (Lipinski definition) is 1. The molecule has 3 aromatic rings. The molecule has 0 heterocycles. The Balaban J connectivity index is 1.83. The first-order valence-corrected chi connectivity index (χ1v) is 14.1. The lowest BCUT2D eigenvalue weighted by atomic mass is 10.0. The standard InChI is InChI=1S/C29H32BrFN2O2S/c1-2-3-17-32-29(35)27(18-22-9-5-4-6-10-22)33(19-24-11-7-8-12-26(24)31)28(34)21-36-20-23-13-15-25(30)16-14-23/h4-16,27H,2-3,17-21H2,1H3,(H,32,35)/t27-/m1/s1. The molecule has 0 fully saturated rings. The Morgan fingerprint density at radius 1 is 0.972 bits per heavy atom.